The van der Waals surface area contributed by atoms with Gasteiger partial charge in [0.2, 0.25) is 0 Å². The summed E-state index contributed by atoms with van der Waals surface area (Å²) in [7, 11) is 0. The van der Waals surface area contributed by atoms with E-state index in [-0.39, 0.29) is 17.0 Å². The standard InChI is InChI=1S/C19H11BrF3IN2O4/c20-14-5-10(6-15(24)17(14)30-9-16(27)28)4-11(8-25)18(29)26-13-3-1-2-12(7-13)19(21,22)23/h1-7H,9H2,(H,26,29)(H,27,28)/b11-4-. The first-order valence-electron chi connectivity index (χ1n) is 7.95. The molecule has 0 saturated carbocycles. The highest BCUT2D eigenvalue weighted by Crippen LogP contribution is 2.33. The number of ether oxygens (including phenoxy) is 1. The van der Waals surface area contributed by atoms with Crippen molar-refractivity contribution in [2.24, 2.45) is 0 Å². The molecule has 0 radical (unpaired) electrons. The Kier molecular flexibility index (Phi) is 7.85. The second-order valence-corrected chi connectivity index (χ2v) is 7.72. The van der Waals surface area contributed by atoms with Gasteiger partial charge in [-0.05, 0) is 80.5 Å². The van der Waals surface area contributed by atoms with Gasteiger partial charge >= 0.3 is 12.1 Å². The average molecular weight is 595 g/mol. The van der Waals surface area contributed by atoms with Crippen molar-refractivity contribution in [1.82, 2.24) is 0 Å². The normalized spacial score (nSPS) is 11.5. The van der Waals surface area contributed by atoms with E-state index in [0.29, 0.717) is 13.6 Å². The van der Waals surface area contributed by atoms with E-state index >= 15 is 0 Å². The molecule has 0 spiro atoms. The minimum atomic E-state index is -4.57. The van der Waals surface area contributed by atoms with Crippen molar-refractivity contribution < 1.29 is 32.6 Å². The molecule has 0 aliphatic heterocycles. The van der Waals surface area contributed by atoms with Crippen LogP contribution in [0.5, 0.6) is 5.75 Å². The lowest BCUT2D eigenvalue weighted by Crippen LogP contribution is -2.14. The molecule has 0 unspecified atom stereocenters. The minimum absolute atomic E-state index is 0.107. The van der Waals surface area contributed by atoms with Crippen LogP contribution in [0.3, 0.4) is 0 Å². The molecule has 30 heavy (non-hydrogen) atoms. The van der Waals surface area contributed by atoms with Gasteiger partial charge in [-0.3, -0.25) is 4.79 Å². The van der Waals surface area contributed by atoms with Gasteiger partial charge in [-0.1, -0.05) is 6.07 Å². The van der Waals surface area contributed by atoms with E-state index in [1.165, 1.54) is 18.2 Å². The van der Waals surface area contributed by atoms with Crippen LogP contribution in [0.4, 0.5) is 18.9 Å². The van der Waals surface area contributed by atoms with Crippen molar-refractivity contribution in [2.45, 2.75) is 6.18 Å². The maximum absolute atomic E-state index is 12.8. The second kappa shape index (κ2) is 9.94. The lowest BCUT2D eigenvalue weighted by Gasteiger charge is -2.11. The Bertz CT molecular complexity index is 1040. The lowest BCUT2D eigenvalue weighted by molar-refractivity contribution is -0.139. The van der Waals surface area contributed by atoms with Crippen molar-refractivity contribution in [1.29, 1.82) is 5.26 Å². The van der Waals surface area contributed by atoms with Crippen molar-refractivity contribution in [3.8, 4) is 11.8 Å². The van der Waals surface area contributed by atoms with Gasteiger partial charge in [-0.2, -0.15) is 18.4 Å². The highest BCUT2D eigenvalue weighted by atomic mass is 127. The minimum Gasteiger partial charge on any atom is -0.480 e. The smallest absolute Gasteiger partial charge is 0.416 e. The molecule has 0 aliphatic rings. The summed E-state index contributed by atoms with van der Waals surface area (Å²) in [5.74, 6) is -1.75. The maximum atomic E-state index is 12.8. The molecule has 0 heterocycles. The Morgan fingerprint density at radius 2 is 2.00 bits per heavy atom. The number of halogens is 5. The third-order valence-corrected chi connectivity index (χ3v) is 4.87. The lowest BCUT2D eigenvalue weighted by atomic mass is 10.1. The summed E-state index contributed by atoms with van der Waals surface area (Å²) in [6.45, 7) is -0.549. The monoisotopic (exact) mass is 594 g/mol. The van der Waals surface area contributed by atoms with Crippen molar-refractivity contribution in [3.05, 3.63) is 61.1 Å². The molecular formula is C19H11BrF3IN2O4. The van der Waals surface area contributed by atoms with E-state index in [0.717, 1.165) is 18.2 Å². The Balaban J connectivity index is 2.26. The number of amides is 1. The van der Waals surface area contributed by atoms with Crippen molar-refractivity contribution >= 4 is 62.2 Å². The van der Waals surface area contributed by atoms with Gasteiger partial charge in [0.25, 0.3) is 5.91 Å². The van der Waals surface area contributed by atoms with Crippen LogP contribution in [-0.2, 0) is 15.8 Å². The summed E-state index contributed by atoms with van der Waals surface area (Å²) >= 11 is 5.13. The maximum Gasteiger partial charge on any atom is 0.416 e. The first-order chi connectivity index (χ1) is 14.0. The molecule has 1 amide bonds. The van der Waals surface area contributed by atoms with Crippen LogP contribution in [0.1, 0.15) is 11.1 Å². The molecule has 0 aliphatic carbocycles. The largest absolute Gasteiger partial charge is 0.480 e. The Morgan fingerprint density at radius 3 is 2.57 bits per heavy atom. The molecule has 11 heteroatoms. The van der Waals surface area contributed by atoms with Crippen molar-refractivity contribution in [2.75, 3.05) is 11.9 Å². The number of carboxylic acids is 1. The molecule has 0 bridgehead atoms. The van der Waals surface area contributed by atoms with Gasteiger partial charge in [0.05, 0.1) is 13.6 Å². The molecule has 0 fully saturated rings. The van der Waals surface area contributed by atoms with Crippen LogP contribution in [0.25, 0.3) is 6.08 Å². The number of rotatable bonds is 6. The summed E-state index contributed by atoms with van der Waals surface area (Å²) in [5, 5.41) is 20.3. The van der Waals surface area contributed by atoms with Gasteiger partial charge in [0.15, 0.2) is 6.61 Å². The van der Waals surface area contributed by atoms with Gasteiger partial charge in [0, 0.05) is 5.69 Å². The fourth-order valence-corrected chi connectivity index (χ4v) is 3.99. The molecule has 0 aromatic heterocycles. The van der Waals surface area contributed by atoms with Gasteiger partial charge < -0.3 is 15.2 Å². The zero-order valence-corrected chi connectivity index (χ0v) is 18.5. The molecule has 0 saturated heterocycles. The van der Waals surface area contributed by atoms with Crippen LogP contribution in [-0.4, -0.2) is 23.6 Å². The summed E-state index contributed by atoms with van der Waals surface area (Å²) < 4.78 is 44.5. The van der Waals surface area contributed by atoms with E-state index in [9.17, 15) is 28.0 Å². The predicted molar refractivity (Wildman–Crippen MR) is 114 cm³/mol. The quantitative estimate of drug-likeness (QED) is 0.276. The number of hydrogen-bond acceptors (Lipinski definition) is 4. The fourth-order valence-electron chi connectivity index (χ4n) is 2.22. The summed E-state index contributed by atoms with van der Waals surface area (Å²) in [5.41, 5.74) is -0.957. The third kappa shape index (κ3) is 6.46. The predicted octanol–water partition coefficient (Wildman–Crippen LogP) is 5.08. The van der Waals surface area contributed by atoms with Crippen molar-refractivity contribution in [3.63, 3.8) is 0 Å². The number of nitriles is 1. The highest BCUT2D eigenvalue weighted by molar-refractivity contribution is 14.1. The summed E-state index contributed by atoms with van der Waals surface area (Å²) in [6, 6.07) is 8.82. The van der Waals surface area contributed by atoms with E-state index in [4.69, 9.17) is 9.84 Å². The number of hydrogen-bond donors (Lipinski definition) is 2. The number of carbonyl (C=O) groups excluding carboxylic acids is 1. The Labute approximate surface area is 190 Å². The summed E-state index contributed by atoms with van der Waals surface area (Å²) in [4.78, 5) is 23.0. The number of anilines is 1. The first kappa shape index (κ1) is 23.7. The summed E-state index contributed by atoms with van der Waals surface area (Å²) in [6.07, 6.45) is -3.32. The van der Waals surface area contributed by atoms with Crippen LogP contribution in [0.15, 0.2) is 46.4 Å². The number of alkyl halides is 3. The molecule has 2 N–H and O–H groups in total. The van der Waals surface area contributed by atoms with Gasteiger partial charge in [-0.15, -0.1) is 0 Å². The zero-order chi connectivity index (χ0) is 22.5. The van der Waals surface area contributed by atoms with E-state index in [1.807, 2.05) is 22.6 Å². The number of carboxylic acid groups (broad SMARTS) is 1. The van der Waals surface area contributed by atoms with E-state index in [2.05, 4.69) is 21.2 Å². The highest BCUT2D eigenvalue weighted by Gasteiger charge is 2.30. The van der Waals surface area contributed by atoms with Crippen LogP contribution < -0.4 is 10.1 Å². The number of nitrogens with zero attached hydrogens (tertiary/aromatic N) is 1. The first-order valence-corrected chi connectivity index (χ1v) is 9.82. The number of nitrogens with one attached hydrogen (secondary N) is 1. The topological polar surface area (TPSA) is 99.4 Å². The molecule has 2 aromatic carbocycles. The van der Waals surface area contributed by atoms with Crippen LogP contribution in [0, 0.1) is 14.9 Å². The average Bonchev–Trinajstić information content (AvgIpc) is 2.64. The van der Waals surface area contributed by atoms with E-state index in [1.54, 1.807) is 12.1 Å². The zero-order valence-electron chi connectivity index (χ0n) is 14.8. The van der Waals surface area contributed by atoms with Gasteiger partial charge in [0.1, 0.15) is 17.4 Å². The molecule has 2 rings (SSSR count). The number of benzene rings is 2. The number of carbonyl (C=O) groups is 2. The SMILES string of the molecule is N#C/C(=C/c1cc(Br)c(OCC(=O)O)c(I)c1)C(=O)Nc1cccc(C(F)(F)F)c1. The van der Waals surface area contributed by atoms with Crippen LogP contribution in [0.2, 0.25) is 0 Å². The van der Waals surface area contributed by atoms with E-state index < -0.39 is 30.2 Å². The Morgan fingerprint density at radius 1 is 1.30 bits per heavy atom. The van der Waals surface area contributed by atoms with Gasteiger partial charge in [-0.25, -0.2) is 4.79 Å². The van der Waals surface area contributed by atoms with Crippen LogP contribution >= 0.6 is 38.5 Å². The molecular weight excluding hydrogens is 584 g/mol. The third-order valence-electron chi connectivity index (χ3n) is 3.48. The molecule has 156 valence electrons. The molecule has 0 atom stereocenters. The fraction of sp³-hybridized carbons (Fsp3) is 0.105. The second-order valence-electron chi connectivity index (χ2n) is 5.70. The molecule has 6 nitrogen and oxygen atoms in total. The number of aliphatic carboxylic acids is 1. The Hall–Kier alpha value is -2.59. The molecule has 2 aromatic rings.